The maximum Gasteiger partial charge on any atom is 0.312 e. The van der Waals surface area contributed by atoms with Crippen LogP contribution in [0.3, 0.4) is 0 Å². The van der Waals surface area contributed by atoms with E-state index in [1.807, 2.05) is 20.8 Å². The van der Waals surface area contributed by atoms with Crippen molar-refractivity contribution in [1.82, 2.24) is 0 Å². The molecule has 5 heteroatoms. The summed E-state index contributed by atoms with van der Waals surface area (Å²) >= 11 is 1.74. The molecule has 0 aromatic carbocycles. The molecule has 0 spiro atoms. The highest BCUT2D eigenvalue weighted by Crippen LogP contribution is 2.49. The van der Waals surface area contributed by atoms with E-state index in [9.17, 15) is 4.79 Å². The molecule has 4 nitrogen and oxygen atoms in total. The van der Waals surface area contributed by atoms with Gasteiger partial charge in [-0.1, -0.05) is 26.3 Å². The van der Waals surface area contributed by atoms with Crippen LogP contribution in [0.4, 0.5) is 0 Å². The van der Waals surface area contributed by atoms with E-state index in [0.717, 1.165) is 35.8 Å². The lowest BCUT2D eigenvalue weighted by Crippen LogP contribution is -2.46. The quantitative estimate of drug-likeness (QED) is 0.703. The molecule has 26 heavy (non-hydrogen) atoms. The van der Waals surface area contributed by atoms with Crippen LogP contribution in [-0.2, 0) is 9.53 Å². The Morgan fingerprint density at radius 1 is 1.42 bits per heavy atom. The highest BCUT2D eigenvalue weighted by molar-refractivity contribution is 8.14. The van der Waals surface area contributed by atoms with Gasteiger partial charge in [-0.3, -0.25) is 9.79 Å². The SMILES string of the molecule is C.CC(C)(C)OC(=O)CC1=N[C@@]2(C3=CC(N)=CCC3)CCCC[C@H]2CS1. The van der Waals surface area contributed by atoms with Gasteiger partial charge in [-0.2, -0.15) is 0 Å². The molecule has 1 heterocycles. The Hall–Kier alpha value is -1.23. The number of carbonyl (C=O) groups is 1. The lowest BCUT2D eigenvalue weighted by molar-refractivity contribution is -0.153. The second kappa shape index (κ2) is 8.20. The number of nitrogens with two attached hydrogens (primary N) is 1. The zero-order chi connectivity index (χ0) is 18.1. The highest BCUT2D eigenvalue weighted by Gasteiger charge is 2.46. The number of nitrogens with zero attached hydrogens (tertiary/aromatic N) is 1. The predicted octanol–water partition coefficient (Wildman–Crippen LogP) is 4.99. The van der Waals surface area contributed by atoms with Crippen molar-refractivity contribution in [1.29, 1.82) is 0 Å². The zero-order valence-corrected chi connectivity index (χ0v) is 16.5. The Balaban J connectivity index is 0.00000243. The van der Waals surface area contributed by atoms with Crippen molar-refractivity contribution in [3.8, 4) is 0 Å². The fraction of sp³-hybridized carbons (Fsp3) is 0.714. The molecule has 1 aliphatic heterocycles. The average molecular weight is 379 g/mol. The minimum Gasteiger partial charge on any atom is -0.460 e. The van der Waals surface area contributed by atoms with Gasteiger partial charge in [0.15, 0.2) is 0 Å². The van der Waals surface area contributed by atoms with Crippen LogP contribution >= 0.6 is 11.8 Å². The number of aliphatic imine (C=N–C) groups is 1. The largest absolute Gasteiger partial charge is 0.460 e. The van der Waals surface area contributed by atoms with E-state index in [1.54, 1.807) is 11.8 Å². The van der Waals surface area contributed by atoms with Crippen LogP contribution in [0, 0.1) is 5.92 Å². The van der Waals surface area contributed by atoms with Crippen molar-refractivity contribution in [3.05, 3.63) is 23.4 Å². The minimum atomic E-state index is -0.451. The van der Waals surface area contributed by atoms with Crippen LogP contribution in [0.15, 0.2) is 28.4 Å². The first-order valence-corrected chi connectivity index (χ1v) is 10.4. The van der Waals surface area contributed by atoms with E-state index in [1.165, 1.54) is 24.8 Å². The van der Waals surface area contributed by atoms with E-state index in [2.05, 4.69) is 12.2 Å². The van der Waals surface area contributed by atoms with Gasteiger partial charge in [-0.05, 0) is 64.0 Å². The van der Waals surface area contributed by atoms with Gasteiger partial charge in [0.1, 0.15) is 5.60 Å². The normalized spacial score (nSPS) is 28.7. The smallest absolute Gasteiger partial charge is 0.312 e. The molecule has 0 bridgehead atoms. The first-order chi connectivity index (χ1) is 11.8. The van der Waals surface area contributed by atoms with Crippen molar-refractivity contribution < 1.29 is 9.53 Å². The van der Waals surface area contributed by atoms with Crippen LogP contribution in [0.2, 0.25) is 0 Å². The van der Waals surface area contributed by atoms with E-state index in [0.29, 0.717) is 5.92 Å². The van der Waals surface area contributed by atoms with Crippen LogP contribution in [-0.4, -0.2) is 27.9 Å². The van der Waals surface area contributed by atoms with Gasteiger partial charge in [-0.25, -0.2) is 0 Å². The number of hydrogen-bond donors (Lipinski definition) is 1. The van der Waals surface area contributed by atoms with Crippen molar-refractivity contribution in [3.63, 3.8) is 0 Å². The molecule has 1 saturated carbocycles. The molecule has 1 fully saturated rings. The second-order valence-electron chi connectivity index (χ2n) is 8.36. The molecule has 2 aliphatic carbocycles. The fourth-order valence-corrected chi connectivity index (χ4v) is 5.49. The van der Waals surface area contributed by atoms with E-state index >= 15 is 0 Å². The first kappa shape index (κ1) is 21.1. The van der Waals surface area contributed by atoms with Crippen molar-refractivity contribution in [2.24, 2.45) is 16.6 Å². The molecule has 0 saturated heterocycles. The molecule has 0 unspecified atom stereocenters. The second-order valence-corrected chi connectivity index (χ2v) is 9.45. The average Bonchev–Trinajstić information content (AvgIpc) is 2.52. The number of fused-ring (bicyclic) bond motifs is 1. The summed E-state index contributed by atoms with van der Waals surface area (Å²) in [6, 6.07) is 0. The van der Waals surface area contributed by atoms with Gasteiger partial charge < -0.3 is 10.5 Å². The molecular formula is C21H34N2O2S. The third kappa shape index (κ3) is 4.73. The first-order valence-electron chi connectivity index (χ1n) is 9.38. The molecule has 0 aromatic rings. The third-order valence-electron chi connectivity index (χ3n) is 5.22. The topological polar surface area (TPSA) is 64.7 Å². The van der Waals surface area contributed by atoms with Crippen molar-refractivity contribution in [2.45, 2.75) is 84.3 Å². The molecule has 0 aromatic heterocycles. The van der Waals surface area contributed by atoms with E-state index < -0.39 is 5.60 Å². The lowest BCUT2D eigenvalue weighted by Gasteiger charge is -2.46. The minimum absolute atomic E-state index is 0. The number of thioether (sulfide) groups is 1. The maximum atomic E-state index is 12.3. The van der Waals surface area contributed by atoms with E-state index in [-0.39, 0.29) is 25.4 Å². The summed E-state index contributed by atoms with van der Waals surface area (Å²) in [5, 5.41) is 0.932. The molecule has 0 radical (unpaired) electrons. The van der Waals surface area contributed by atoms with Gasteiger partial charge in [0.2, 0.25) is 0 Å². The van der Waals surface area contributed by atoms with Crippen LogP contribution in [0.5, 0.6) is 0 Å². The Kier molecular flexibility index (Phi) is 6.65. The zero-order valence-electron chi connectivity index (χ0n) is 15.6. The summed E-state index contributed by atoms with van der Waals surface area (Å²) < 4.78 is 5.50. The summed E-state index contributed by atoms with van der Waals surface area (Å²) in [6.45, 7) is 5.71. The summed E-state index contributed by atoms with van der Waals surface area (Å²) in [5.41, 5.74) is 7.74. The fourth-order valence-electron chi connectivity index (χ4n) is 4.20. The highest BCUT2D eigenvalue weighted by atomic mass is 32.2. The summed E-state index contributed by atoms with van der Waals surface area (Å²) in [6.07, 6.45) is 11.3. The van der Waals surface area contributed by atoms with Gasteiger partial charge in [0.05, 0.1) is 17.0 Å². The molecule has 0 amide bonds. The third-order valence-corrected chi connectivity index (χ3v) is 6.36. The van der Waals surface area contributed by atoms with Crippen molar-refractivity contribution >= 4 is 22.8 Å². The Morgan fingerprint density at radius 2 is 2.19 bits per heavy atom. The number of rotatable bonds is 3. The number of carbonyl (C=O) groups excluding carboxylic acids is 1. The number of ether oxygens (including phenoxy) is 1. The van der Waals surface area contributed by atoms with E-state index in [4.69, 9.17) is 15.5 Å². The monoisotopic (exact) mass is 378 g/mol. The Bertz CT molecular complexity index is 630. The maximum absolute atomic E-state index is 12.3. The van der Waals surface area contributed by atoms with Crippen LogP contribution in [0.25, 0.3) is 0 Å². The lowest BCUT2D eigenvalue weighted by atomic mass is 9.67. The molecule has 2 N–H and O–H groups in total. The molecule has 3 aliphatic rings. The molecule has 3 rings (SSSR count). The molecule has 146 valence electrons. The molecular weight excluding hydrogens is 344 g/mol. The van der Waals surface area contributed by atoms with Gasteiger partial charge >= 0.3 is 5.97 Å². The summed E-state index contributed by atoms with van der Waals surface area (Å²) in [4.78, 5) is 17.5. The van der Waals surface area contributed by atoms with Gasteiger partial charge in [-0.15, -0.1) is 11.8 Å². The predicted molar refractivity (Wildman–Crippen MR) is 111 cm³/mol. The van der Waals surface area contributed by atoms with Gasteiger partial charge in [0, 0.05) is 11.4 Å². The number of hydrogen-bond acceptors (Lipinski definition) is 5. The Labute approximate surface area is 162 Å². The van der Waals surface area contributed by atoms with Crippen LogP contribution < -0.4 is 5.73 Å². The number of esters is 1. The standard InChI is InChI=1S/C20H30N2O2S.CH4/c1-19(2,3)24-18(23)12-17-22-20(14-8-6-9-16(21)11-14)10-5-4-7-15(20)13-25-17;/h9,11,15H,4-8,10,12-13,21H2,1-3H3;1H4/t15-,20+;/m0./s1. The van der Waals surface area contributed by atoms with Crippen LogP contribution in [0.1, 0.15) is 73.1 Å². The summed E-state index contributed by atoms with van der Waals surface area (Å²) in [7, 11) is 0. The summed E-state index contributed by atoms with van der Waals surface area (Å²) in [5.74, 6) is 1.42. The number of allylic oxidation sites excluding steroid dienone is 2. The van der Waals surface area contributed by atoms with Crippen molar-refractivity contribution in [2.75, 3.05) is 5.75 Å². The molecule has 2 atom stereocenters. The Morgan fingerprint density at radius 3 is 2.88 bits per heavy atom. The van der Waals surface area contributed by atoms with Gasteiger partial charge in [0.25, 0.3) is 0 Å².